The van der Waals surface area contributed by atoms with E-state index in [1.54, 1.807) is 42.3 Å². The monoisotopic (exact) mass is 350 g/mol. The number of nitrogens with zero attached hydrogens (tertiary/aromatic N) is 4. The quantitative estimate of drug-likeness (QED) is 0.587. The minimum Gasteiger partial charge on any atom is -0.497 e. The summed E-state index contributed by atoms with van der Waals surface area (Å²) in [6.45, 7) is 0. The van der Waals surface area contributed by atoms with Gasteiger partial charge in [-0.25, -0.2) is 4.98 Å². The maximum atomic E-state index is 14.4. The highest BCUT2D eigenvalue weighted by molar-refractivity contribution is 5.76. The van der Waals surface area contributed by atoms with E-state index in [2.05, 4.69) is 20.3 Å². The number of halogens is 1. The standard InChI is InChI=1S/C18H15FN6O/c1-26-12-6-4-5-11(9-12)22-17-15(19)16(20)23-18(24-17)25-10-21-13-7-2-3-8-14(13)25/h2-10H,1H3,(H3,20,22,23,24). The SMILES string of the molecule is COc1cccc(Nc2nc(-n3cnc4ccccc43)nc(N)c2F)c1. The molecule has 26 heavy (non-hydrogen) atoms. The van der Waals surface area contributed by atoms with Crippen LogP contribution >= 0.6 is 0 Å². The third-order valence-electron chi connectivity index (χ3n) is 3.87. The van der Waals surface area contributed by atoms with Crippen molar-refractivity contribution in [3.63, 3.8) is 0 Å². The number of methoxy groups -OCH3 is 1. The first kappa shape index (κ1) is 15.8. The number of hydrogen-bond donors (Lipinski definition) is 2. The van der Waals surface area contributed by atoms with Gasteiger partial charge in [0, 0.05) is 11.8 Å². The third kappa shape index (κ3) is 2.77. The molecule has 0 amide bonds. The number of benzene rings is 2. The molecule has 0 aliphatic heterocycles. The van der Waals surface area contributed by atoms with Crippen LogP contribution in [0.15, 0.2) is 54.9 Å². The molecule has 0 atom stereocenters. The van der Waals surface area contributed by atoms with Crippen LogP contribution in [0.1, 0.15) is 0 Å². The van der Waals surface area contributed by atoms with Crippen LogP contribution in [0.5, 0.6) is 5.75 Å². The van der Waals surface area contributed by atoms with E-state index in [1.165, 1.54) is 0 Å². The average molecular weight is 350 g/mol. The first-order chi connectivity index (χ1) is 12.7. The van der Waals surface area contributed by atoms with Gasteiger partial charge in [-0.1, -0.05) is 18.2 Å². The Morgan fingerprint density at radius 3 is 2.81 bits per heavy atom. The van der Waals surface area contributed by atoms with Crippen LogP contribution in [0.4, 0.5) is 21.7 Å². The van der Waals surface area contributed by atoms with Crippen LogP contribution in [-0.2, 0) is 0 Å². The Balaban J connectivity index is 1.78. The predicted octanol–water partition coefficient (Wildman–Crippen LogP) is 3.29. The Morgan fingerprint density at radius 2 is 1.96 bits per heavy atom. The zero-order valence-corrected chi connectivity index (χ0v) is 13.8. The molecule has 0 fully saturated rings. The molecular weight excluding hydrogens is 335 g/mol. The number of hydrogen-bond acceptors (Lipinski definition) is 6. The number of fused-ring (bicyclic) bond motifs is 1. The van der Waals surface area contributed by atoms with Crippen molar-refractivity contribution < 1.29 is 9.13 Å². The lowest BCUT2D eigenvalue weighted by Gasteiger charge is -2.11. The summed E-state index contributed by atoms with van der Waals surface area (Å²) < 4.78 is 21.3. The van der Waals surface area contributed by atoms with Crippen molar-refractivity contribution in [2.24, 2.45) is 0 Å². The topological polar surface area (TPSA) is 90.9 Å². The molecule has 4 rings (SSSR count). The van der Waals surface area contributed by atoms with E-state index in [4.69, 9.17) is 10.5 Å². The van der Waals surface area contributed by atoms with Gasteiger partial charge in [-0.05, 0) is 24.3 Å². The molecule has 2 aromatic carbocycles. The summed E-state index contributed by atoms with van der Waals surface area (Å²) in [5.41, 5.74) is 7.95. The lowest BCUT2D eigenvalue weighted by Crippen LogP contribution is -2.09. The van der Waals surface area contributed by atoms with Gasteiger partial charge >= 0.3 is 0 Å². The minimum absolute atomic E-state index is 0.0291. The van der Waals surface area contributed by atoms with Gasteiger partial charge in [-0.15, -0.1) is 0 Å². The Labute approximate surface area is 148 Å². The van der Waals surface area contributed by atoms with Crippen molar-refractivity contribution >= 4 is 28.4 Å². The predicted molar refractivity (Wildman–Crippen MR) is 97.3 cm³/mol. The van der Waals surface area contributed by atoms with E-state index in [0.717, 1.165) is 11.0 Å². The fraction of sp³-hybridized carbons (Fsp3) is 0.0556. The van der Waals surface area contributed by atoms with Crippen LogP contribution in [0.25, 0.3) is 17.0 Å². The average Bonchev–Trinajstić information content (AvgIpc) is 3.09. The van der Waals surface area contributed by atoms with E-state index < -0.39 is 5.82 Å². The smallest absolute Gasteiger partial charge is 0.239 e. The number of rotatable bonds is 4. The molecule has 0 saturated carbocycles. The van der Waals surface area contributed by atoms with Gasteiger partial charge in [0.1, 0.15) is 12.1 Å². The number of aromatic nitrogens is 4. The van der Waals surface area contributed by atoms with Crippen LogP contribution < -0.4 is 15.8 Å². The highest BCUT2D eigenvalue weighted by atomic mass is 19.1. The number of nitrogens with two attached hydrogens (primary N) is 1. The fourth-order valence-corrected chi connectivity index (χ4v) is 2.60. The van der Waals surface area contributed by atoms with Crippen LogP contribution in [0, 0.1) is 5.82 Å². The third-order valence-corrected chi connectivity index (χ3v) is 3.87. The molecule has 0 unspecified atom stereocenters. The largest absolute Gasteiger partial charge is 0.497 e. The summed E-state index contributed by atoms with van der Waals surface area (Å²) in [5, 5.41) is 2.92. The molecule has 0 spiro atoms. The van der Waals surface area contributed by atoms with Crippen molar-refractivity contribution in [1.82, 2.24) is 19.5 Å². The van der Waals surface area contributed by atoms with Crippen molar-refractivity contribution in [3.8, 4) is 11.7 Å². The second-order valence-corrected chi connectivity index (χ2v) is 5.53. The second-order valence-electron chi connectivity index (χ2n) is 5.53. The van der Waals surface area contributed by atoms with Crippen LogP contribution in [-0.4, -0.2) is 26.6 Å². The Kier molecular flexibility index (Phi) is 3.85. The summed E-state index contributed by atoms with van der Waals surface area (Å²) in [4.78, 5) is 12.6. The van der Waals surface area contributed by atoms with Gasteiger partial charge in [0.25, 0.3) is 0 Å². The first-order valence-electron chi connectivity index (χ1n) is 7.82. The molecule has 8 heteroatoms. The van der Waals surface area contributed by atoms with Gasteiger partial charge in [0.05, 0.1) is 18.1 Å². The zero-order chi connectivity index (χ0) is 18.1. The van der Waals surface area contributed by atoms with E-state index in [1.807, 2.05) is 24.3 Å². The summed E-state index contributed by atoms with van der Waals surface area (Å²) in [5.74, 6) is -0.140. The molecule has 0 bridgehead atoms. The molecule has 130 valence electrons. The molecule has 0 aliphatic rings. The molecule has 2 aromatic heterocycles. The Morgan fingerprint density at radius 1 is 1.12 bits per heavy atom. The molecule has 3 N–H and O–H groups in total. The summed E-state index contributed by atoms with van der Waals surface area (Å²) in [6, 6.07) is 14.6. The number of nitrogen functional groups attached to an aromatic ring is 1. The van der Waals surface area contributed by atoms with Gasteiger partial charge < -0.3 is 15.8 Å². The maximum absolute atomic E-state index is 14.4. The van der Waals surface area contributed by atoms with Crippen molar-refractivity contribution in [1.29, 1.82) is 0 Å². The van der Waals surface area contributed by atoms with Gasteiger partial charge in [-0.2, -0.15) is 14.4 Å². The van der Waals surface area contributed by atoms with Gasteiger partial charge in [0.15, 0.2) is 11.6 Å². The van der Waals surface area contributed by atoms with E-state index in [9.17, 15) is 4.39 Å². The maximum Gasteiger partial charge on any atom is 0.239 e. The summed E-state index contributed by atoms with van der Waals surface area (Å²) in [7, 11) is 1.56. The Bertz CT molecular complexity index is 1090. The first-order valence-corrected chi connectivity index (χ1v) is 7.82. The van der Waals surface area contributed by atoms with Gasteiger partial charge in [-0.3, -0.25) is 4.57 Å². The van der Waals surface area contributed by atoms with E-state index in [-0.39, 0.29) is 17.6 Å². The van der Waals surface area contributed by atoms with Crippen LogP contribution in [0.2, 0.25) is 0 Å². The highest BCUT2D eigenvalue weighted by Crippen LogP contribution is 2.25. The molecule has 4 aromatic rings. The summed E-state index contributed by atoms with van der Waals surface area (Å²) in [6.07, 6.45) is 1.58. The normalized spacial score (nSPS) is 10.8. The number of para-hydroxylation sites is 2. The van der Waals surface area contributed by atoms with Crippen molar-refractivity contribution in [3.05, 3.63) is 60.7 Å². The molecular formula is C18H15FN6O. The minimum atomic E-state index is -0.721. The number of nitrogens with one attached hydrogen (secondary N) is 1. The van der Waals surface area contributed by atoms with Gasteiger partial charge in [0.2, 0.25) is 11.8 Å². The highest BCUT2D eigenvalue weighted by Gasteiger charge is 2.15. The van der Waals surface area contributed by atoms with Crippen LogP contribution in [0.3, 0.4) is 0 Å². The molecule has 0 saturated heterocycles. The molecule has 0 aliphatic carbocycles. The number of anilines is 3. The molecule has 0 radical (unpaired) electrons. The Hall–Kier alpha value is -3.68. The van der Waals surface area contributed by atoms with E-state index in [0.29, 0.717) is 11.4 Å². The van der Waals surface area contributed by atoms with E-state index >= 15 is 0 Å². The summed E-state index contributed by atoms with van der Waals surface area (Å²) >= 11 is 0. The number of ether oxygens (including phenoxy) is 1. The van der Waals surface area contributed by atoms with Crippen molar-refractivity contribution in [2.45, 2.75) is 0 Å². The fourth-order valence-electron chi connectivity index (χ4n) is 2.60. The molecule has 2 heterocycles. The lowest BCUT2D eigenvalue weighted by molar-refractivity contribution is 0.415. The zero-order valence-electron chi connectivity index (χ0n) is 13.8. The second kappa shape index (κ2) is 6.32. The lowest BCUT2D eigenvalue weighted by atomic mass is 10.3. The van der Waals surface area contributed by atoms with Crippen molar-refractivity contribution in [2.75, 3.05) is 18.2 Å². The molecule has 7 nitrogen and oxygen atoms in total. The number of imidazole rings is 1.